The van der Waals surface area contributed by atoms with E-state index in [1.165, 1.54) is 29.0 Å². The minimum atomic E-state index is -1.15. The van der Waals surface area contributed by atoms with E-state index in [0.29, 0.717) is 19.4 Å². The fourth-order valence-electron chi connectivity index (χ4n) is 4.18. The molecule has 1 N–H and O–H groups in total. The molecule has 0 bridgehead atoms. The molecule has 0 aromatic heterocycles. The smallest absolute Gasteiger partial charge is 0.325 e. The Labute approximate surface area is 179 Å². The molecule has 1 spiro atoms. The van der Waals surface area contributed by atoms with Crippen LogP contribution >= 0.6 is 0 Å². The van der Waals surface area contributed by atoms with Crippen LogP contribution in [-0.4, -0.2) is 53.4 Å². The highest BCUT2D eigenvalue weighted by Gasteiger charge is 2.53. The molecule has 2 aromatic rings. The molecule has 162 valence electrons. The van der Waals surface area contributed by atoms with Crippen molar-refractivity contribution in [3.63, 3.8) is 0 Å². The van der Waals surface area contributed by atoms with E-state index in [1.807, 2.05) is 31.2 Å². The number of ether oxygens (including phenoxy) is 1. The van der Waals surface area contributed by atoms with Crippen molar-refractivity contribution in [2.45, 2.75) is 31.8 Å². The number of benzene rings is 2. The number of aryl methyl sites for hydroxylation is 1. The molecule has 0 saturated carbocycles. The van der Waals surface area contributed by atoms with Crippen molar-refractivity contribution in [1.82, 2.24) is 15.1 Å². The van der Waals surface area contributed by atoms with E-state index in [2.05, 4.69) is 5.32 Å². The number of carbonyl (C=O) groups is 3. The second-order valence-corrected chi connectivity index (χ2v) is 8.07. The van der Waals surface area contributed by atoms with Gasteiger partial charge in [0.15, 0.2) is 11.6 Å². The molecular weight excluding hydrogens is 401 g/mol. The minimum absolute atomic E-state index is 0.0501. The number of piperidine rings is 1. The van der Waals surface area contributed by atoms with Gasteiger partial charge in [-0.1, -0.05) is 29.8 Å². The number of imide groups is 1. The number of nitrogens with zero attached hydrogens (tertiary/aromatic N) is 2. The van der Waals surface area contributed by atoms with Gasteiger partial charge in [0.05, 0.1) is 20.2 Å². The first-order valence-electron chi connectivity index (χ1n) is 10.2. The summed E-state index contributed by atoms with van der Waals surface area (Å²) >= 11 is 0. The first kappa shape index (κ1) is 20.8. The van der Waals surface area contributed by atoms with Gasteiger partial charge in [0.1, 0.15) is 5.54 Å². The Balaban J connectivity index is 1.52. The van der Waals surface area contributed by atoms with Crippen molar-refractivity contribution in [2.75, 3.05) is 20.2 Å². The molecule has 8 heteroatoms. The number of halogens is 1. The predicted octanol–water partition coefficient (Wildman–Crippen LogP) is 2.87. The molecule has 2 saturated heterocycles. The van der Waals surface area contributed by atoms with Crippen LogP contribution in [0.15, 0.2) is 42.5 Å². The minimum Gasteiger partial charge on any atom is -0.494 e. The highest BCUT2D eigenvalue weighted by Crippen LogP contribution is 2.30. The van der Waals surface area contributed by atoms with Crippen molar-refractivity contribution in [3.8, 4) is 5.75 Å². The number of likely N-dealkylation sites (tertiary alicyclic amines) is 1. The van der Waals surface area contributed by atoms with Crippen LogP contribution in [0.1, 0.15) is 34.3 Å². The molecule has 2 heterocycles. The van der Waals surface area contributed by atoms with Crippen LogP contribution in [0.2, 0.25) is 0 Å². The quantitative estimate of drug-likeness (QED) is 0.764. The number of urea groups is 1. The number of carbonyl (C=O) groups excluding carboxylic acids is 3. The summed E-state index contributed by atoms with van der Waals surface area (Å²) in [5, 5.41) is 2.82. The lowest BCUT2D eigenvalue weighted by Crippen LogP contribution is -2.59. The summed E-state index contributed by atoms with van der Waals surface area (Å²) < 4.78 is 19.0. The zero-order valence-electron chi connectivity index (χ0n) is 17.5. The maximum atomic E-state index is 14.1. The average molecular weight is 425 g/mol. The van der Waals surface area contributed by atoms with Crippen molar-refractivity contribution < 1.29 is 23.5 Å². The summed E-state index contributed by atoms with van der Waals surface area (Å²) in [4.78, 5) is 41.5. The highest BCUT2D eigenvalue weighted by atomic mass is 19.1. The molecule has 2 fully saturated rings. The Bertz CT molecular complexity index is 1040. The van der Waals surface area contributed by atoms with Gasteiger partial charge in [-0.2, -0.15) is 0 Å². The first-order chi connectivity index (χ1) is 14.8. The lowest BCUT2D eigenvalue weighted by atomic mass is 9.88. The second-order valence-electron chi connectivity index (χ2n) is 8.07. The van der Waals surface area contributed by atoms with E-state index in [0.717, 1.165) is 17.2 Å². The largest absolute Gasteiger partial charge is 0.494 e. The summed E-state index contributed by atoms with van der Waals surface area (Å²) in [6, 6.07) is 11.2. The van der Waals surface area contributed by atoms with Crippen LogP contribution in [0.25, 0.3) is 0 Å². The van der Waals surface area contributed by atoms with Crippen LogP contribution in [-0.2, 0) is 11.3 Å². The van der Waals surface area contributed by atoms with Gasteiger partial charge < -0.3 is 15.0 Å². The number of hydrogen-bond acceptors (Lipinski definition) is 4. The third-order valence-electron chi connectivity index (χ3n) is 5.89. The predicted molar refractivity (Wildman–Crippen MR) is 111 cm³/mol. The summed E-state index contributed by atoms with van der Waals surface area (Å²) in [5.41, 5.74) is 0.960. The monoisotopic (exact) mass is 425 g/mol. The Morgan fingerprint density at radius 3 is 2.61 bits per heavy atom. The molecule has 2 aliphatic heterocycles. The molecule has 0 aliphatic carbocycles. The lowest BCUT2D eigenvalue weighted by Gasteiger charge is -2.38. The molecule has 0 radical (unpaired) electrons. The summed E-state index contributed by atoms with van der Waals surface area (Å²) in [5.74, 6) is -1.30. The number of amides is 4. The lowest BCUT2D eigenvalue weighted by molar-refractivity contribution is -0.133. The molecule has 2 aromatic carbocycles. The average Bonchev–Trinajstić information content (AvgIpc) is 2.98. The van der Waals surface area contributed by atoms with Gasteiger partial charge in [0.25, 0.3) is 11.8 Å². The molecule has 1 atom stereocenters. The SMILES string of the molecule is COc1ccc(C(=O)N2CCC[C@@]3(C2)NC(=O)N(Cc2ccc(C)cc2)C3=O)cc1F. The zero-order valence-corrected chi connectivity index (χ0v) is 17.5. The van der Waals surface area contributed by atoms with Gasteiger partial charge >= 0.3 is 6.03 Å². The van der Waals surface area contributed by atoms with Gasteiger partial charge in [-0.05, 0) is 43.5 Å². The maximum Gasteiger partial charge on any atom is 0.325 e. The number of methoxy groups -OCH3 is 1. The van der Waals surface area contributed by atoms with Crippen LogP contribution in [0.3, 0.4) is 0 Å². The standard InChI is InChI=1S/C23H24FN3O4/c1-15-4-6-16(7-5-15)13-27-21(29)23(25-22(27)30)10-3-11-26(14-23)20(28)17-8-9-19(31-2)18(24)12-17/h4-9,12H,3,10-11,13-14H2,1-2H3,(H,25,30)/t23-/m0/s1. The Hall–Kier alpha value is -3.42. The summed E-state index contributed by atoms with van der Waals surface area (Å²) in [6.45, 7) is 2.61. The van der Waals surface area contributed by atoms with Crippen molar-refractivity contribution in [2.24, 2.45) is 0 Å². The van der Waals surface area contributed by atoms with Gasteiger partial charge in [-0.3, -0.25) is 14.5 Å². The van der Waals surface area contributed by atoms with E-state index in [9.17, 15) is 18.8 Å². The van der Waals surface area contributed by atoms with Crippen molar-refractivity contribution >= 4 is 17.8 Å². The van der Waals surface area contributed by atoms with Crippen molar-refractivity contribution in [1.29, 1.82) is 0 Å². The Kier molecular flexibility index (Phi) is 5.39. The molecule has 7 nitrogen and oxygen atoms in total. The van der Waals surface area contributed by atoms with Gasteiger partial charge in [-0.25, -0.2) is 9.18 Å². The normalized spacial score (nSPS) is 20.9. The fraction of sp³-hybridized carbons (Fsp3) is 0.348. The zero-order chi connectivity index (χ0) is 22.2. The van der Waals surface area contributed by atoms with Gasteiger partial charge in [-0.15, -0.1) is 0 Å². The Morgan fingerprint density at radius 1 is 1.19 bits per heavy atom. The number of rotatable bonds is 4. The van der Waals surface area contributed by atoms with Crippen LogP contribution in [0, 0.1) is 12.7 Å². The Morgan fingerprint density at radius 2 is 1.94 bits per heavy atom. The van der Waals surface area contributed by atoms with E-state index in [4.69, 9.17) is 4.74 Å². The molecule has 31 heavy (non-hydrogen) atoms. The van der Waals surface area contributed by atoms with Crippen LogP contribution in [0.5, 0.6) is 5.75 Å². The summed E-state index contributed by atoms with van der Waals surface area (Å²) in [7, 11) is 1.35. The first-order valence-corrected chi connectivity index (χ1v) is 10.2. The molecule has 4 rings (SSSR count). The van der Waals surface area contributed by atoms with Crippen LogP contribution < -0.4 is 10.1 Å². The maximum absolute atomic E-state index is 14.1. The second kappa shape index (κ2) is 8.02. The fourth-order valence-corrected chi connectivity index (χ4v) is 4.18. The number of nitrogens with one attached hydrogen (secondary N) is 1. The topological polar surface area (TPSA) is 79.0 Å². The van der Waals surface area contributed by atoms with Crippen molar-refractivity contribution in [3.05, 3.63) is 65.0 Å². The summed E-state index contributed by atoms with van der Waals surface area (Å²) in [6.07, 6.45) is 0.998. The third-order valence-corrected chi connectivity index (χ3v) is 5.89. The van der Waals surface area contributed by atoms with Gasteiger partial charge in [0, 0.05) is 12.1 Å². The van der Waals surface area contributed by atoms with Gasteiger partial charge in [0.2, 0.25) is 0 Å². The molecule has 2 aliphatic rings. The molecule has 4 amide bonds. The number of hydrogen-bond donors (Lipinski definition) is 1. The van der Waals surface area contributed by atoms with Crippen LogP contribution in [0.4, 0.5) is 9.18 Å². The van der Waals surface area contributed by atoms with E-state index >= 15 is 0 Å². The highest BCUT2D eigenvalue weighted by molar-refractivity contribution is 6.07. The van der Waals surface area contributed by atoms with E-state index < -0.39 is 17.4 Å². The molecular formula is C23H24FN3O4. The van der Waals surface area contributed by atoms with E-state index in [1.54, 1.807) is 0 Å². The third kappa shape index (κ3) is 3.85. The van der Waals surface area contributed by atoms with E-state index in [-0.39, 0.29) is 36.2 Å². The molecule has 0 unspecified atom stereocenters.